The van der Waals surface area contributed by atoms with Crippen molar-refractivity contribution in [1.82, 2.24) is 10.6 Å². The maximum Gasteiger partial charge on any atom is 0.148 e. The Bertz CT molecular complexity index is 151. The molecule has 0 aromatic heterocycles. The van der Waals surface area contributed by atoms with Crippen LogP contribution in [0.2, 0.25) is 0 Å². The second-order valence-electron chi connectivity index (χ2n) is 3.61. The van der Waals surface area contributed by atoms with Gasteiger partial charge in [0.15, 0.2) is 0 Å². The third-order valence-corrected chi connectivity index (χ3v) is 2.29. The Labute approximate surface area is 78.4 Å². The molecule has 1 atom stereocenters. The maximum absolute atomic E-state index is 5.67. The second kappa shape index (κ2) is 4.32. The minimum absolute atomic E-state index is 0.123. The summed E-state index contributed by atoms with van der Waals surface area (Å²) < 4.78 is 0. The van der Waals surface area contributed by atoms with Crippen molar-refractivity contribution in [3.63, 3.8) is 0 Å². The number of nitrogens with two attached hydrogens (primary N) is 4. The van der Waals surface area contributed by atoms with Gasteiger partial charge in [0.25, 0.3) is 0 Å². The van der Waals surface area contributed by atoms with Gasteiger partial charge in [0.2, 0.25) is 0 Å². The molecule has 0 aromatic rings. The van der Waals surface area contributed by atoms with Gasteiger partial charge < -0.3 is 16.8 Å². The van der Waals surface area contributed by atoms with Crippen LogP contribution in [0.3, 0.4) is 0 Å². The van der Waals surface area contributed by atoms with Gasteiger partial charge >= 0.3 is 0 Å². The zero-order chi connectivity index (χ0) is 9.90. The lowest BCUT2D eigenvalue weighted by Gasteiger charge is -2.36. The highest BCUT2D eigenvalue weighted by Gasteiger charge is 2.28. The Morgan fingerprint density at radius 1 is 1.31 bits per heavy atom. The molecule has 1 heterocycles. The molecule has 0 aromatic carbocycles. The van der Waals surface area contributed by atoms with Gasteiger partial charge in [0, 0.05) is 0 Å². The molecule has 1 aliphatic rings. The van der Waals surface area contributed by atoms with Gasteiger partial charge in [-0.2, -0.15) is 0 Å². The lowest BCUT2D eigenvalue weighted by atomic mass is 10.1. The molecule has 1 unspecified atom stereocenters. The summed E-state index contributed by atoms with van der Waals surface area (Å²) in [6.07, 6.45) is 2.72. The van der Waals surface area contributed by atoms with Crippen LogP contribution >= 0.6 is 0 Å². The molecular weight excluding hydrogens is 168 g/mol. The molecule has 1 saturated heterocycles. The first-order valence-corrected chi connectivity index (χ1v) is 4.62. The molecule has 0 spiro atoms. The molecule has 6 nitrogen and oxygen atoms in total. The largest absolute Gasteiger partial charge is 0.312 e. The lowest BCUT2D eigenvalue weighted by molar-refractivity contribution is 0.209. The van der Waals surface area contributed by atoms with Crippen LogP contribution in [0, 0.1) is 0 Å². The minimum atomic E-state index is -1.20. The van der Waals surface area contributed by atoms with Crippen molar-refractivity contribution in [2.45, 2.75) is 37.4 Å². The van der Waals surface area contributed by atoms with Gasteiger partial charge in [-0.3, -0.25) is 16.8 Å². The average molecular weight is 188 g/mol. The summed E-state index contributed by atoms with van der Waals surface area (Å²) >= 11 is 0. The Morgan fingerprint density at radius 2 is 2.00 bits per heavy atom. The lowest BCUT2D eigenvalue weighted by Crippen LogP contribution is -2.77. The smallest absolute Gasteiger partial charge is 0.148 e. The average Bonchev–Trinajstić information content (AvgIpc) is 2.05. The molecule has 13 heavy (non-hydrogen) atoms. The summed E-state index contributed by atoms with van der Waals surface area (Å²) in [5.41, 5.74) is 22.2. The van der Waals surface area contributed by atoms with Gasteiger partial charge in [-0.25, -0.2) is 0 Å². The van der Waals surface area contributed by atoms with Crippen molar-refractivity contribution in [3.05, 3.63) is 0 Å². The van der Waals surface area contributed by atoms with Gasteiger partial charge in [-0.05, 0) is 25.8 Å². The highest BCUT2D eigenvalue weighted by Crippen LogP contribution is 2.05. The molecule has 0 aliphatic carbocycles. The first-order valence-electron chi connectivity index (χ1n) is 4.62. The van der Waals surface area contributed by atoms with Crippen LogP contribution in [0.5, 0.6) is 0 Å². The van der Waals surface area contributed by atoms with E-state index in [2.05, 4.69) is 10.6 Å². The molecule has 0 amide bonds. The van der Waals surface area contributed by atoms with Gasteiger partial charge in [0.1, 0.15) is 5.79 Å². The van der Waals surface area contributed by atoms with Crippen LogP contribution in [-0.2, 0) is 0 Å². The third-order valence-electron chi connectivity index (χ3n) is 2.29. The summed E-state index contributed by atoms with van der Waals surface area (Å²) in [6, 6.07) is 0. The van der Waals surface area contributed by atoms with Crippen molar-refractivity contribution in [1.29, 1.82) is 0 Å². The predicted molar refractivity (Wildman–Crippen MR) is 52.0 cm³/mol. The molecule has 1 fully saturated rings. The fraction of sp³-hybridized carbons (Fsp3) is 1.00. The van der Waals surface area contributed by atoms with Gasteiger partial charge in [-0.15, -0.1) is 0 Å². The molecule has 1 aliphatic heterocycles. The Hall–Kier alpha value is -0.240. The van der Waals surface area contributed by atoms with E-state index >= 15 is 0 Å². The van der Waals surface area contributed by atoms with Crippen molar-refractivity contribution >= 4 is 0 Å². The molecular formula is C7H20N6. The normalized spacial score (nSPS) is 25.2. The van der Waals surface area contributed by atoms with Crippen LogP contribution in [0.15, 0.2) is 0 Å². The van der Waals surface area contributed by atoms with E-state index in [1.54, 1.807) is 0 Å². The minimum Gasteiger partial charge on any atom is -0.312 e. The summed E-state index contributed by atoms with van der Waals surface area (Å²) in [7, 11) is 0. The molecule has 6 heteroatoms. The zero-order valence-electron chi connectivity index (χ0n) is 7.79. The predicted octanol–water partition coefficient (Wildman–Crippen LogP) is -2.51. The van der Waals surface area contributed by atoms with Gasteiger partial charge in [-0.1, -0.05) is 0 Å². The van der Waals surface area contributed by atoms with E-state index in [0.717, 1.165) is 13.0 Å². The van der Waals surface area contributed by atoms with Crippen LogP contribution in [0.25, 0.3) is 0 Å². The van der Waals surface area contributed by atoms with E-state index in [-0.39, 0.29) is 6.17 Å². The molecule has 10 N–H and O–H groups in total. The number of hydrogen-bond donors (Lipinski definition) is 6. The van der Waals surface area contributed by atoms with Crippen LogP contribution in [0.1, 0.15) is 19.3 Å². The van der Waals surface area contributed by atoms with E-state index in [1.165, 1.54) is 12.8 Å². The SMILES string of the molecule is NC(N)C(N)(N)NC1CCCCN1. The standard InChI is InChI=1S/C7H20N6/c8-6(9)7(10,11)13-5-3-1-2-4-12-5/h5-6,12-13H,1-4,8-11H2. The molecule has 0 bridgehead atoms. The van der Waals surface area contributed by atoms with E-state index < -0.39 is 12.0 Å². The topological polar surface area (TPSA) is 128 Å². The molecule has 78 valence electrons. The zero-order valence-corrected chi connectivity index (χ0v) is 7.79. The van der Waals surface area contributed by atoms with Crippen LogP contribution in [-0.4, -0.2) is 24.7 Å². The fourth-order valence-corrected chi connectivity index (χ4v) is 1.37. The van der Waals surface area contributed by atoms with E-state index in [4.69, 9.17) is 22.9 Å². The summed E-state index contributed by atoms with van der Waals surface area (Å²) in [6.45, 7) is 0.980. The Morgan fingerprint density at radius 3 is 2.46 bits per heavy atom. The number of piperidine rings is 1. The first kappa shape index (κ1) is 10.8. The summed E-state index contributed by atoms with van der Waals surface area (Å²) in [4.78, 5) is 0. The summed E-state index contributed by atoms with van der Waals surface area (Å²) in [5.74, 6) is -1.20. The maximum atomic E-state index is 5.67. The second-order valence-corrected chi connectivity index (χ2v) is 3.61. The molecule has 0 radical (unpaired) electrons. The van der Waals surface area contributed by atoms with Crippen molar-refractivity contribution in [2.75, 3.05) is 6.54 Å². The first-order chi connectivity index (χ1) is 6.02. The highest BCUT2D eigenvalue weighted by molar-refractivity contribution is 4.86. The van der Waals surface area contributed by atoms with E-state index in [9.17, 15) is 0 Å². The Kier molecular flexibility index (Phi) is 3.60. The quantitative estimate of drug-likeness (QED) is 0.271. The van der Waals surface area contributed by atoms with Crippen molar-refractivity contribution in [2.24, 2.45) is 22.9 Å². The number of nitrogens with one attached hydrogen (secondary N) is 2. The van der Waals surface area contributed by atoms with Crippen molar-refractivity contribution in [3.8, 4) is 0 Å². The molecule has 1 rings (SSSR count). The van der Waals surface area contributed by atoms with E-state index in [0.29, 0.717) is 0 Å². The van der Waals surface area contributed by atoms with Crippen LogP contribution in [0.4, 0.5) is 0 Å². The number of rotatable bonds is 3. The van der Waals surface area contributed by atoms with Crippen molar-refractivity contribution < 1.29 is 0 Å². The Balaban J connectivity index is 2.37. The third kappa shape index (κ3) is 3.18. The number of hydrogen-bond acceptors (Lipinski definition) is 6. The molecule has 0 saturated carbocycles. The highest BCUT2D eigenvalue weighted by atomic mass is 15.3. The fourth-order valence-electron chi connectivity index (χ4n) is 1.37. The van der Waals surface area contributed by atoms with E-state index in [1.807, 2.05) is 0 Å². The monoisotopic (exact) mass is 188 g/mol. The summed E-state index contributed by atoms with van der Waals surface area (Å²) in [5, 5.41) is 6.24. The van der Waals surface area contributed by atoms with Crippen LogP contribution < -0.4 is 33.6 Å². The van der Waals surface area contributed by atoms with Gasteiger partial charge in [0.05, 0.1) is 12.3 Å².